The van der Waals surface area contributed by atoms with Crippen LogP contribution in [0, 0.1) is 17.3 Å². The van der Waals surface area contributed by atoms with Crippen molar-refractivity contribution < 1.29 is 14.2 Å². The number of benzene rings is 1. The molecule has 4 rings (SSSR count). The first-order valence-corrected chi connectivity index (χ1v) is 8.65. The molecule has 5 heteroatoms. The summed E-state index contributed by atoms with van der Waals surface area (Å²) in [5, 5.41) is 0. The van der Waals surface area contributed by atoms with Gasteiger partial charge in [-0.05, 0) is 36.6 Å². The molecule has 0 saturated carbocycles. The lowest BCUT2D eigenvalue weighted by molar-refractivity contribution is -0.480. The number of rotatable bonds is 3. The summed E-state index contributed by atoms with van der Waals surface area (Å²) in [4.78, 5) is 2.43. The molecule has 1 aromatic rings. The molecule has 0 aromatic heterocycles. The average Bonchev–Trinajstić information content (AvgIpc) is 2.61. The first-order chi connectivity index (χ1) is 11.5. The third kappa shape index (κ3) is 3.33. The molecule has 3 fully saturated rings. The molecule has 4 nitrogen and oxygen atoms in total. The van der Waals surface area contributed by atoms with Gasteiger partial charge in [-0.25, -0.2) is 0 Å². The molecule has 3 heterocycles. The summed E-state index contributed by atoms with van der Waals surface area (Å²) in [6, 6.07) is 7.77. The first kappa shape index (κ1) is 17.4. The van der Waals surface area contributed by atoms with Crippen LogP contribution in [0.1, 0.15) is 30.9 Å². The van der Waals surface area contributed by atoms with Crippen LogP contribution in [0.5, 0.6) is 0 Å². The maximum Gasteiger partial charge on any atom is 0.312 e. The summed E-state index contributed by atoms with van der Waals surface area (Å²) in [5.74, 6) is 4.97. The van der Waals surface area contributed by atoms with Crippen molar-refractivity contribution in [2.75, 3.05) is 33.9 Å². The molecular weight excluding hydrogens is 322 g/mol. The van der Waals surface area contributed by atoms with E-state index in [0.717, 1.165) is 24.0 Å². The summed E-state index contributed by atoms with van der Waals surface area (Å²) in [6.07, 6.45) is 2.16. The van der Waals surface area contributed by atoms with E-state index < -0.39 is 5.97 Å². The Labute approximate surface area is 149 Å². The molecule has 3 saturated heterocycles. The third-order valence-corrected chi connectivity index (χ3v) is 4.91. The fraction of sp³-hybridized carbons (Fsp3) is 0.526. The van der Waals surface area contributed by atoms with Gasteiger partial charge in [0, 0.05) is 30.6 Å². The van der Waals surface area contributed by atoms with Gasteiger partial charge >= 0.3 is 5.97 Å². The van der Waals surface area contributed by atoms with Gasteiger partial charge in [-0.3, -0.25) is 0 Å². The minimum atomic E-state index is -1.06. The Bertz CT molecular complexity index is 648. The zero-order valence-corrected chi connectivity index (χ0v) is 15.2. The van der Waals surface area contributed by atoms with Crippen LogP contribution in [0.4, 0.5) is 0 Å². The summed E-state index contributed by atoms with van der Waals surface area (Å²) in [6.45, 7) is 4.21. The molecule has 0 amide bonds. The van der Waals surface area contributed by atoms with E-state index in [2.05, 4.69) is 18.8 Å². The van der Waals surface area contributed by atoms with Gasteiger partial charge in [0.05, 0.1) is 19.8 Å². The number of hydrogen-bond donors (Lipinski definition) is 0. The second-order valence-electron chi connectivity index (χ2n) is 6.70. The molecule has 0 N–H and O–H groups in total. The largest absolute Gasteiger partial charge is 0.362 e. The fourth-order valence-electron chi connectivity index (χ4n) is 2.99. The minimum Gasteiger partial charge on any atom is -0.362 e. The van der Waals surface area contributed by atoms with Crippen molar-refractivity contribution in [2.24, 2.45) is 5.41 Å². The van der Waals surface area contributed by atoms with Crippen molar-refractivity contribution in [3.63, 3.8) is 0 Å². The molecule has 0 atom stereocenters. The van der Waals surface area contributed by atoms with E-state index in [1.807, 2.05) is 43.3 Å². The summed E-state index contributed by atoms with van der Waals surface area (Å²) < 4.78 is 17.9. The Hall–Kier alpha value is -1.45. The van der Waals surface area contributed by atoms with E-state index in [1.54, 1.807) is 0 Å². The lowest BCUT2D eigenvalue weighted by Crippen LogP contribution is -2.58. The summed E-state index contributed by atoms with van der Waals surface area (Å²) >= 11 is 5.17. The molecule has 1 aromatic carbocycles. The SMILES string of the molecule is CCCC12COC(c3ccc(C#CC(=S)N(C)C)cc3)(OC1)OC2. The van der Waals surface area contributed by atoms with E-state index in [1.165, 1.54) is 0 Å². The lowest BCUT2D eigenvalue weighted by atomic mass is 9.83. The lowest BCUT2D eigenvalue weighted by Gasteiger charge is -2.51. The van der Waals surface area contributed by atoms with Gasteiger partial charge in [0.1, 0.15) is 0 Å². The van der Waals surface area contributed by atoms with Crippen molar-refractivity contribution in [3.8, 4) is 11.8 Å². The van der Waals surface area contributed by atoms with Gasteiger partial charge in [-0.15, -0.1) is 0 Å². The molecule has 0 radical (unpaired) electrons. The topological polar surface area (TPSA) is 30.9 Å². The monoisotopic (exact) mass is 345 g/mol. The molecule has 0 spiro atoms. The summed E-state index contributed by atoms with van der Waals surface area (Å²) in [7, 11) is 3.77. The highest BCUT2D eigenvalue weighted by Gasteiger charge is 2.53. The second kappa shape index (κ2) is 6.81. The Kier molecular flexibility index (Phi) is 4.93. The molecule has 0 unspecified atom stereocenters. The zero-order chi connectivity index (χ0) is 17.2. The van der Waals surface area contributed by atoms with E-state index in [4.69, 9.17) is 26.4 Å². The Balaban J connectivity index is 1.72. The van der Waals surface area contributed by atoms with Crippen LogP contribution >= 0.6 is 12.2 Å². The van der Waals surface area contributed by atoms with Crippen LogP contribution in [-0.2, 0) is 20.2 Å². The van der Waals surface area contributed by atoms with Gasteiger partial charge in [-0.2, -0.15) is 0 Å². The molecule has 128 valence electrons. The van der Waals surface area contributed by atoms with Crippen molar-refractivity contribution >= 4 is 17.2 Å². The number of fused-ring (bicyclic) bond motifs is 3. The highest BCUT2D eigenvalue weighted by molar-refractivity contribution is 7.80. The predicted octanol–water partition coefficient (Wildman–Crippen LogP) is 2.90. The average molecular weight is 345 g/mol. The number of hydrogen-bond acceptors (Lipinski definition) is 4. The predicted molar refractivity (Wildman–Crippen MR) is 96.5 cm³/mol. The molecule has 3 aliphatic heterocycles. The molecule has 0 aliphatic carbocycles. The van der Waals surface area contributed by atoms with Crippen LogP contribution in [0.2, 0.25) is 0 Å². The van der Waals surface area contributed by atoms with Crippen molar-refractivity contribution in [3.05, 3.63) is 35.4 Å². The smallest absolute Gasteiger partial charge is 0.312 e. The van der Waals surface area contributed by atoms with Crippen molar-refractivity contribution in [1.29, 1.82) is 0 Å². The zero-order valence-electron chi connectivity index (χ0n) is 14.4. The van der Waals surface area contributed by atoms with Crippen LogP contribution < -0.4 is 0 Å². The van der Waals surface area contributed by atoms with Crippen LogP contribution in [-0.4, -0.2) is 43.8 Å². The summed E-state index contributed by atoms with van der Waals surface area (Å²) in [5.41, 5.74) is 1.78. The quantitative estimate of drug-likeness (QED) is 0.621. The molecule has 24 heavy (non-hydrogen) atoms. The van der Waals surface area contributed by atoms with Gasteiger partial charge < -0.3 is 19.1 Å². The van der Waals surface area contributed by atoms with Crippen LogP contribution in [0.25, 0.3) is 0 Å². The van der Waals surface area contributed by atoms with E-state index in [-0.39, 0.29) is 5.41 Å². The standard InChI is InChI=1S/C19H23NO3S/c1-4-11-18-12-21-19(22-13-18,23-14-18)16-8-5-15(6-9-16)7-10-17(24)20(2)3/h5-6,8-9H,4,11-14H2,1-3H3. The highest BCUT2D eigenvalue weighted by Crippen LogP contribution is 2.46. The Morgan fingerprint density at radius 2 is 1.71 bits per heavy atom. The Morgan fingerprint density at radius 1 is 1.12 bits per heavy atom. The molecule has 3 aliphatic rings. The Morgan fingerprint density at radius 3 is 2.21 bits per heavy atom. The highest BCUT2D eigenvalue weighted by atomic mass is 32.1. The van der Waals surface area contributed by atoms with Crippen LogP contribution in [0.3, 0.4) is 0 Å². The van der Waals surface area contributed by atoms with Gasteiger partial charge in [0.15, 0.2) is 4.99 Å². The maximum atomic E-state index is 5.97. The fourth-order valence-corrected chi connectivity index (χ4v) is 3.04. The number of thiocarbonyl (C=S) groups is 1. The van der Waals surface area contributed by atoms with E-state index in [0.29, 0.717) is 24.8 Å². The number of ether oxygens (including phenoxy) is 3. The van der Waals surface area contributed by atoms with Crippen molar-refractivity contribution in [1.82, 2.24) is 4.90 Å². The van der Waals surface area contributed by atoms with Gasteiger partial charge in [0.2, 0.25) is 0 Å². The van der Waals surface area contributed by atoms with E-state index >= 15 is 0 Å². The van der Waals surface area contributed by atoms with Gasteiger partial charge in [-0.1, -0.05) is 31.5 Å². The third-order valence-electron chi connectivity index (χ3n) is 4.44. The van der Waals surface area contributed by atoms with Gasteiger partial charge in [0.25, 0.3) is 0 Å². The van der Waals surface area contributed by atoms with E-state index in [9.17, 15) is 0 Å². The minimum absolute atomic E-state index is 0.0176. The molecular formula is C19H23NO3S. The number of nitrogens with zero attached hydrogens (tertiary/aromatic N) is 1. The normalized spacial score (nSPS) is 28.1. The molecule has 2 bridgehead atoms. The van der Waals surface area contributed by atoms with Crippen molar-refractivity contribution in [2.45, 2.75) is 25.7 Å². The first-order valence-electron chi connectivity index (χ1n) is 8.24. The van der Waals surface area contributed by atoms with Crippen LogP contribution in [0.15, 0.2) is 24.3 Å². The maximum absolute atomic E-state index is 5.97. The second-order valence-corrected chi connectivity index (χ2v) is 7.09.